The number of Topliss-reactive ketones (excluding diaryl/α,β-unsaturated/α-hetero) is 1. The predicted molar refractivity (Wildman–Crippen MR) is 43.6 cm³/mol. The van der Waals surface area contributed by atoms with E-state index in [1.807, 2.05) is 6.07 Å². The summed E-state index contributed by atoms with van der Waals surface area (Å²) in [5.74, 6) is 0.0210. The van der Waals surface area contributed by atoms with Crippen LogP contribution in [0.4, 0.5) is 0 Å². The van der Waals surface area contributed by atoms with Crippen molar-refractivity contribution in [2.75, 3.05) is 0 Å². The molecule has 2 nitrogen and oxygen atoms in total. The van der Waals surface area contributed by atoms with E-state index in [2.05, 4.69) is 11.9 Å². The number of hydrogen-bond acceptors (Lipinski definition) is 2. The van der Waals surface area contributed by atoms with Gasteiger partial charge in [0.2, 0.25) is 0 Å². The summed E-state index contributed by atoms with van der Waals surface area (Å²) in [5.41, 5.74) is 1.71. The van der Waals surface area contributed by atoms with Crippen molar-refractivity contribution in [2.24, 2.45) is 0 Å². The van der Waals surface area contributed by atoms with Crippen molar-refractivity contribution < 1.29 is 4.79 Å². The number of nitrogens with zero attached hydrogens (tertiary/aromatic N) is 1. The number of aromatic nitrogens is 1. The monoisotopic (exact) mass is 149 g/mol. The molecule has 58 valence electrons. The van der Waals surface area contributed by atoms with Gasteiger partial charge >= 0.3 is 0 Å². The molecule has 0 spiro atoms. The van der Waals surface area contributed by atoms with Gasteiger partial charge in [-0.2, -0.15) is 0 Å². The highest BCUT2D eigenvalue weighted by Crippen LogP contribution is 2.00. The first-order chi connectivity index (χ1) is 5.24. The second kappa shape index (κ2) is 3.28. The van der Waals surface area contributed by atoms with Crippen molar-refractivity contribution in [3.63, 3.8) is 0 Å². The van der Waals surface area contributed by atoms with E-state index in [0.717, 1.165) is 12.0 Å². The van der Waals surface area contributed by atoms with Gasteiger partial charge in [-0.3, -0.25) is 9.78 Å². The summed E-state index contributed by atoms with van der Waals surface area (Å²) in [4.78, 5) is 14.8. The van der Waals surface area contributed by atoms with Crippen molar-refractivity contribution in [1.82, 2.24) is 4.98 Å². The van der Waals surface area contributed by atoms with Crippen LogP contribution in [0.1, 0.15) is 29.9 Å². The van der Waals surface area contributed by atoms with Gasteiger partial charge in [-0.15, -0.1) is 0 Å². The summed E-state index contributed by atoms with van der Waals surface area (Å²) >= 11 is 0. The van der Waals surface area contributed by atoms with Gasteiger partial charge in [-0.1, -0.05) is 13.0 Å². The minimum Gasteiger partial charge on any atom is -0.293 e. The van der Waals surface area contributed by atoms with Crippen LogP contribution in [0.25, 0.3) is 0 Å². The van der Waals surface area contributed by atoms with Gasteiger partial charge in [0.25, 0.3) is 0 Å². The lowest BCUT2D eigenvalue weighted by Gasteiger charge is -1.96. The molecule has 2 heteroatoms. The van der Waals surface area contributed by atoms with Crippen molar-refractivity contribution in [2.45, 2.75) is 20.3 Å². The molecule has 1 aromatic rings. The average Bonchev–Trinajstić information content (AvgIpc) is 2.05. The number of hydrogen-bond donors (Lipinski definition) is 0. The first-order valence-corrected chi connectivity index (χ1v) is 3.70. The maximum absolute atomic E-state index is 10.8. The normalized spacial score (nSPS) is 9.64. The Hall–Kier alpha value is -1.18. The molecule has 0 unspecified atom stereocenters. The third kappa shape index (κ3) is 1.87. The van der Waals surface area contributed by atoms with Gasteiger partial charge in [0.15, 0.2) is 5.78 Å². The Balaban J connectivity index is 2.91. The minimum atomic E-state index is 0.0210. The van der Waals surface area contributed by atoms with E-state index in [0.29, 0.717) is 5.69 Å². The van der Waals surface area contributed by atoms with Gasteiger partial charge < -0.3 is 0 Å². The summed E-state index contributed by atoms with van der Waals surface area (Å²) in [6.45, 7) is 3.58. The molecule has 1 heterocycles. The second-order valence-electron chi connectivity index (χ2n) is 2.46. The Morgan fingerprint density at radius 2 is 2.27 bits per heavy atom. The maximum Gasteiger partial charge on any atom is 0.178 e. The van der Waals surface area contributed by atoms with E-state index < -0.39 is 0 Å². The second-order valence-corrected chi connectivity index (χ2v) is 2.46. The number of carbonyl (C=O) groups is 1. The summed E-state index contributed by atoms with van der Waals surface area (Å²) in [6, 6.07) is 3.70. The zero-order chi connectivity index (χ0) is 8.27. The lowest BCUT2D eigenvalue weighted by molar-refractivity contribution is 0.101. The van der Waals surface area contributed by atoms with E-state index >= 15 is 0 Å². The molecule has 1 aromatic heterocycles. The fraction of sp³-hybridized carbons (Fsp3) is 0.333. The number of rotatable bonds is 2. The smallest absolute Gasteiger partial charge is 0.178 e. The number of pyridine rings is 1. The van der Waals surface area contributed by atoms with Crippen LogP contribution in [0.5, 0.6) is 0 Å². The number of ketones is 1. The highest BCUT2D eigenvalue weighted by atomic mass is 16.1. The van der Waals surface area contributed by atoms with Crippen LogP contribution in [0, 0.1) is 0 Å². The van der Waals surface area contributed by atoms with E-state index in [9.17, 15) is 4.79 Å². The van der Waals surface area contributed by atoms with Crippen LogP contribution in [0.3, 0.4) is 0 Å². The Kier molecular flexibility index (Phi) is 2.36. The lowest BCUT2D eigenvalue weighted by atomic mass is 10.2. The molecule has 0 bridgehead atoms. The molecule has 1 rings (SSSR count). The Bertz CT molecular complexity index is 251. The maximum atomic E-state index is 10.8. The molecule has 0 aromatic carbocycles. The first kappa shape index (κ1) is 7.92. The molecule has 0 aliphatic heterocycles. The SMILES string of the molecule is CCc1ccc(C(C)=O)nc1. The molecule has 0 aliphatic rings. The van der Waals surface area contributed by atoms with E-state index in [1.165, 1.54) is 6.92 Å². The third-order valence-electron chi connectivity index (χ3n) is 1.59. The molecule has 0 N–H and O–H groups in total. The molecule has 11 heavy (non-hydrogen) atoms. The molecule has 0 saturated carbocycles. The number of aryl methyl sites for hydroxylation is 1. The van der Waals surface area contributed by atoms with Crippen LogP contribution in [0.15, 0.2) is 18.3 Å². The highest BCUT2D eigenvalue weighted by Gasteiger charge is 1.98. The predicted octanol–water partition coefficient (Wildman–Crippen LogP) is 1.85. The van der Waals surface area contributed by atoms with Gasteiger partial charge in [-0.25, -0.2) is 0 Å². The van der Waals surface area contributed by atoms with Gasteiger partial charge in [0.05, 0.1) is 0 Å². The minimum absolute atomic E-state index is 0.0210. The molecular formula is C9H11NO. The van der Waals surface area contributed by atoms with Crippen LogP contribution < -0.4 is 0 Å². The zero-order valence-electron chi connectivity index (χ0n) is 6.79. The zero-order valence-corrected chi connectivity index (χ0v) is 6.79. The standard InChI is InChI=1S/C9H11NO/c1-3-8-4-5-9(7(2)11)10-6-8/h4-6H,3H2,1-2H3. The van der Waals surface area contributed by atoms with Gasteiger partial charge in [-0.05, 0) is 18.1 Å². The van der Waals surface area contributed by atoms with E-state index in [-0.39, 0.29) is 5.78 Å². The van der Waals surface area contributed by atoms with E-state index in [4.69, 9.17) is 0 Å². The van der Waals surface area contributed by atoms with E-state index in [1.54, 1.807) is 12.3 Å². The van der Waals surface area contributed by atoms with Gasteiger partial charge in [0.1, 0.15) is 5.69 Å². The summed E-state index contributed by atoms with van der Waals surface area (Å²) < 4.78 is 0. The molecule has 0 radical (unpaired) electrons. The number of carbonyl (C=O) groups excluding carboxylic acids is 1. The Labute approximate surface area is 66.3 Å². The van der Waals surface area contributed by atoms with Crippen molar-refractivity contribution in [3.05, 3.63) is 29.6 Å². The first-order valence-electron chi connectivity index (χ1n) is 3.70. The Morgan fingerprint density at radius 1 is 1.55 bits per heavy atom. The topological polar surface area (TPSA) is 30.0 Å². The molecule has 0 amide bonds. The quantitative estimate of drug-likeness (QED) is 0.600. The Morgan fingerprint density at radius 3 is 2.64 bits per heavy atom. The molecule has 0 saturated heterocycles. The van der Waals surface area contributed by atoms with Crippen LogP contribution >= 0.6 is 0 Å². The third-order valence-corrected chi connectivity index (χ3v) is 1.59. The van der Waals surface area contributed by atoms with Crippen LogP contribution in [0.2, 0.25) is 0 Å². The van der Waals surface area contributed by atoms with Crippen molar-refractivity contribution in [3.8, 4) is 0 Å². The fourth-order valence-electron chi connectivity index (χ4n) is 0.842. The lowest BCUT2D eigenvalue weighted by Crippen LogP contribution is -1.96. The largest absolute Gasteiger partial charge is 0.293 e. The van der Waals surface area contributed by atoms with Gasteiger partial charge in [0, 0.05) is 13.1 Å². The molecule has 0 fully saturated rings. The van der Waals surface area contributed by atoms with Crippen LogP contribution in [-0.2, 0) is 6.42 Å². The van der Waals surface area contributed by atoms with Crippen molar-refractivity contribution >= 4 is 5.78 Å². The van der Waals surface area contributed by atoms with Crippen LogP contribution in [-0.4, -0.2) is 10.8 Å². The summed E-state index contributed by atoms with van der Waals surface area (Å²) in [5, 5.41) is 0. The summed E-state index contributed by atoms with van der Waals surface area (Å²) in [6.07, 6.45) is 2.71. The molecule has 0 aliphatic carbocycles. The fourth-order valence-corrected chi connectivity index (χ4v) is 0.842. The van der Waals surface area contributed by atoms with Crippen molar-refractivity contribution in [1.29, 1.82) is 0 Å². The molecule has 0 atom stereocenters. The molecular weight excluding hydrogens is 138 g/mol. The average molecular weight is 149 g/mol. The summed E-state index contributed by atoms with van der Waals surface area (Å²) in [7, 11) is 0. The highest BCUT2D eigenvalue weighted by molar-refractivity contribution is 5.91.